The number of aryl methyl sites for hydroxylation is 1. The Morgan fingerprint density at radius 2 is 1.93 bits per heavy atom. The minimum atomic E-state index is 0.0582. The summed E-state index contributed by atoms with van der Waals surface area (Å²) in [6, 6.07) is 6.04. The molecule has 2 aliphatic heterocycles. The number of carbonyl (C=O) groups is 2. The Bertz CT molecular complexity index is 701. The van der Waals surface area contributed by atoms with Gasteiger partial charge in [0.1, 0.15) is 12.4 Å². The van der Waals surface area contributed by atoms with E-state index in [4.69, 9.17) is 4.74 Å². The Labute approximate surface area is 174 Å². The summed E-state index contributed by atoms with van der Waals surface area (Å²) in [6.45, 7) is 9.55. The molecule has 0 atom stereocenters. The smallest absolute Gasteiger partial charge is 0.220 e. The van der Waals surface area contributed by atoms with E-state index in [1.54, 1.807) is 11.8 Å². The van der Waals surface area contributed by atoms with Crippen molar-refractivity contribution < 1.29 is 14.3 Å². The summed E-state index contributed by atoms with van der Waals surface area (Å²) < 4.78 is 5.75. The maximum Gasteiger partial charge on any atom is 0.220 e. The predicted octanol–water partition coefficient (Wildman–Crippen LogP) is 1.11. The van der Waals surface area contributed by atoms with E-state index in [0.29, 0.717) is 32.5 Å². The fourth-order valence-corrected chi connectivity index (χ4v) is 3.82. The van der Waals surface area contributed by atoms with E-state index in [-0.39, 0.29) is 11.8 Å². The number of piperazine rings is 1. The molecule has 0 radical (unpaired) electrons. The van der Waals surface area contributed by atoms with Gasteiger partial charge in [0.15, 0.2) is 0 Å². The summed E-state index contributed by atoms with van der Waals surface area (Å²) >= 11 is 0. The number of ether oxygens (including phenoxy) is 1. The number of hydrogen-bond acceptors (Lipinski definition) is 5. The van der Waals surface area contributed by atoms with Gasteiger partial charge in [-0.1, -0.05) is 12.1 Å². The van der Waals surface area contributed by atoms with Crippen molar-refractivity contribution in [3.05, 3.63) is 29.3 Å². The Morgan fingerprint density at radius 1 is 1.14 bits per heavy atom. The van der Waals surface area contributed by atoms with Crippen LogP contribution < -0.4 is 10.1 Å². The SMILES string of the molecule is CC(=O)N1CCOc2ccc(CCC(=O)NCCCN3CCN(C)CC3)cc2C1. The van der Waals surface area contributed by atoms with E-state index >= 15 is 0 Å². The van der Waals surface area contributed by atoms with Crippen molar-refractivity contribution >= 4 is 11.8 Å². The average Bonchev–Trinajstić information content (AvgIpc) is 2.93. The van der Waals surface area contributed by atoms with Crippen LogP contribution in [-0.4, -0.2) is 86.0 Å². The molecule has 7 heteroatoms. The van der Waals surface area contributed by atoms with Gasteiger partial charge in [0, 0.05) is 58.2 Å². The van der Waals surface area contributed by atoms with Crippen molar-refractivity contribution in [1.29, 1.82) is 0 Å². The molecule has 3 rings (SSSR count). The van der Waals surface area contributed by atoms with Crippen LogP contribution in [0.5, 0.6) is 5.75 Å². The Hall–Kier alpha value is -2.12. The van der Waals surface area contributed by atoms with Gasteiger partial charge < -0.3 is 24.8 Å². The topological polar surface area (TPSA) is 65.1 Å². The largest absolute Gasteiger partial charge is 0.491 e. The average molecular weight is 403 g/mol. The van der Waals surface area contributed by atoms with Gasteiger partial charge in [-0.15, -0.1) is 0 Å². The fourth-order valence-electron chi connectivity index (χ4n) is 3.82. The maximum absolute atomic E-state index is 12.2. The number of nitrogens with zero attached hydrogens (tertiary/aromatic N) is 3. The van der Waals surface area contributed by atoms with Crippen molar-refractivity contribution in [1.82, 2.24) is 20.0 Å². The highest BCUT2D eigenvalue weighted by molar-refractivity contribution is 5.76. The van der Waals surface area contributed by atoms with Gasteiger partial charge in [0.2, 0.25) is 11.8 Å². The minimum absolute atomic E-state index is 0.0582. The van der Waals surface area contributed by atoms with Crippen molar-refractivity contribution in [2.24, 2.45) is 0 Å². The summed E-state index contributed by atoms with van der Waals surface area (Å²) in [5, 5.41) is 3.04. The van der Waals surface area contributed by atoms with Crippen LogP contribution in [0.25, 0.3) is 0 Å². The Kier molecular flexibility index (Phi) is 7.89. The van der Waals surface area contributed by atoms with Gasteiger partial charge in [-0.2, -0.15) is 0 Å². The number of likely N-dealkylation sites (N-methyl/N-ethyl adjacent to an activating group) is 1. The monoisotopic (exact) mass is 402 g/mol. The minimum Gasteiger partial charge on any atom is -0.491 e. The second kappa shape index (κ2) is 10.6. The summed E-state index contributed by atoms with van der Waals surface area (Å²) in [6.07, 6.45) is 2.16. The third-order valence-corrected chi connectivity index (χ3v) is 5.76. The van der Waals surface area contributed by atoms with Gasteiger partial charge in [-0.25, -0.2) is 0 Å². The Morgan fingerprint density at radius 3 is 2.69 bits per heavy atom. The van der Waals surface area contributed by atoms with Crippen LogP contribution >= 0.6 is 0 Å². The van der Waals surface area contributed by atoms with Crippen molar-refractivity contribution in [2.75, 3.05) is 59.5 Å². The molecule has 2 aliphatic rings. The summed E-state index contributed by atoms with van der Waals surface area (Å²) in [4.78, 5) is 30.5. The van der Waals surface area contributed by atoms with Gasteiger partial charge in [0.25, 0.3) is 0 Å². The molecule has 160 valence electrons. The first-order valence-corrected chi connectivity index (χ1v) is 10.7. The zero-order chi connectivity index (χ0) is 20.6. The summed E-state index contributed by atoms with van der Waals surface area (Å²) in [5.41, 5.74) is 2.12. The highest BCUT2D eigenvalue weighted by Gasteiger charge is 2.18. The number of rotatable bonds is 7. The molecule has 0 aromatic heterocycles. The van der Waals surface area contributed by atoms with E-state index in [0.717, 1.165) is 62.6 Å². The van der Waals surface area contributed by atoms with Crippen LogP contribution in [0.2, 0.25) is 0 Å². The first kappa shape index (κ1) is 21.6. The fraction of sp³-hybridized carbons (Fsp3) is 0.636. The molecule has 29 heavy (non-hydrogen) atoms. The Balaban J connectivity index is 1.38. The normalized spacial score (nSPS) is 17.9. The van der Waals surface area contributed by atoms with E-state index in [1.165, 1.54) is 0 Å². The first-order chi connectivity index (χ1) is 14.0. The molecule has 0 unspecified atom stereocenters. The third kappa shape index (κ3) is 6.72. The molecular formula is C22H34N4O3. The predicted molar refractivity (Wildman–Crippen MR) is 113 cm³/mol. The lowest BCUT2D eigenvalue weighted by Gasteiger charge is -2.32. The number of fused-ring (bicyclic) bond motifs is 1. The van der Waals surface area contributed by atoms with Crippen LogP contribution in [0.1, 0.15) is 30.9 Å². The van der Waals surface area contributed by atoms with Crippen molar-refractivity contribution in [3.8, 4) is 5.75 Å². The van der Waals surface area contributed by atoms with Gasteiger partial charge in [-0.05, 0) is 38.1 Å². The molecule has 1 saturated heterocycles. The molecule has 1 aromatic carbocycles. The number of amides is 2. The molecule has 7 nitrogen and oxygen atoms in total. The molecule has 0 aliphatic carbocycles. The zero-order valence-corrected chi connectivity index (χ0v) is 17.8. The molecular weight excluding hydrogens is 368 g/mol. The first-order valence-electron chi connectivity index (χ1n) is 10.7. The van der Waals surface area contributed by atoms with Crippen molar-refractivity contribution in [2.45, 2.75) is 32.7 Å². The second-order valence-electron chi connectivity index (χ2n) is 8.08. The molecule has 0 spiro atoms. The molecule has 2 heterocycles. The van der Waals surface area contributed by atoms with Crippen LogP contribution in [0, 0.1) is 0 Å². The van der Waals surface area contributed by atoms with E-state index in [9.17, 15) is 9.59 Å². The number of nitrogens with one attached hydrogen (secondary N) is 1. The molecule has 1 aromatic rings. The van der Waals surface area contributed by atoms with E-state index in [2.05, 4.69) is 28.2 Å². The number of carbonyl (C=O) groups excluding carboxylic acids is 2. The molecule has 1 N–H and O–H groups in total. The van der Waals surface area contributed by atoms with Gasteiger partial charge >= 0.3 is 0 Å². The zero-order valence-electron chi connectivity index (χ0n) is 17.8. The van der Waals surface area contributed by atoms with E-state index in [1.807, 2.05) is 12.1 Å². The molecule has 2 amide bonds. The molecule has 0 saturated carbocycles. The highest BCUT2D eigenvalue weighted by Crippen LogP contribution is 2.25. The lowest BCUT2D eigenvalue weighted by atomic mass is 10.0. The van der Waals surface area contributed by atoms with Crippen LogP contribution in [0.3, 0.4) is 0 Å². The highest BCUT2D eigenvalue weighted by atomic mass is 16.5. The van der Waals surface area contributed by atoms with Gasteiger partial charge in [-0.3, -0.25) is 9.59 Å². The summed E-state index contributed by atoms with van der Waals surface area (Å²) in [7, 11) is 2.16. The van der Waals surface area contributed by atoms with Gasteiger partial charge in [0.05, 0.1) is 6.54 Å². The number of hydrogen-bond donors (Lipinski definition) is 1. The van der Waals surface area contributed by atoms with Crippen molar-refractivity contribution in [3.63, 3.8) is 0 Å². The second-order valence-corrected chi connectivity index (χ2v) is 8.08. The lowest BCUT2D eigenvalue weighted by Crippen LogP contribution is -2.45. The molecule has 1 fully saturated rings. The third-order valence-electron chi connectivity index (χ3n) is 5.76. The quantitative estimate of drug-likeness (QED) is 0.693. The van der Waals surface area contributed by atoms with Crippen LogP contribution in [0.4, 0.5) is 0 Å². The van der Waals surface area contributed by atoms with E-state index < -0.39 is 0 Å². The standard InChI is InChI=1S/C22H34N4O3/c1-18(27)26-14-15-29-21-6-4-19(16-20(21)17-26)5-7-22(28)23-8-3-9-25-12-10-24(2)11-13-25/h4,6,16H,3,5,7-15,17H2,1-2H3,(H,23,28). The lowest BCUT2D eigenvalue weighted by molar-refractivity contribution is -0.129. The molecule has 0 bridgehead atoms. The van der Waals surface area contributed by atoms with Crippen LogP contribution in [-0.2, 0) is 22.6 Å². The summed E-state index contributed by atoms with van der Waals surface area (Å²) in [5.74, 6) is 0.994. The number of benzene rings is 1. The van der Waals surface area contributed by atoms with Crippen LogP contribution in [0.15, 0.2) is 18.2 Å². The maximum atomic E-state index is 12.2.